The van der Waals surface area contributed by atoms with Crippen LogP contribution in [0.25, 0.3) is 31.6 Å². The van der Waals surface area contributed by atoms with Gasteiger partial charge in [-0.3, -0.25) is 14.2 Å². The molecule has 0 unspecified atom stereocenters. The normalized spacial score (nSPS) is 11.2. The number of rotatable bonds is 4. The maximum atomic E-state index is 13.5. The number of pyridine rings is 1. The van der Waals surface area contributed by atoms with Gasteiger partial charge in [0.25, 0.3) is 5.56 Å². The lowest BCUT2D eigenvalue weighted by atomic mass is 10.0. The summed E-state index contributed by atoms with van der Waals surface area (Å²) in [5, 5.41) is 3.53. The average molecular weight is 459 g/mol. The molecule has 0 atom stereocenters. The second kappa shape index (κ2) is 8.22. The molecule has 0 fully saturated rings. The first kappa shape index (κ1) is 21.0. The van der Waals surface area contributed by atoms with E-state index in [1.54, 1.807) is 13.0 Å². The Morgan fingerprint density at radius 2 is 1.91 bits per heavy atom. The van der Waals surface area contributed by atoms with Gasteiger partial charge in [0, 0.05) is 16.8 Å². The first-order valence-electron chi connectivity index (χ1n) is 10.3. The van der Waals surface area contributed by atoms with Crippen molar-refractivity contribution in [3.05, 3.63) is 88.4 Å². The molecule has 1 amide bonds. The van der Waals surface area contributed by atoms with Crippen molar-refractivity contribution in [2.45, 2.75) is 20.4 Å². The summed E-state index contributed by atoms with van der Waals surface area (Å²) >= 11 is 1.28. The van der Waals surface area contributed by atoms with Gasteiger partial charge in [0.1, 0.15) is 21.9 Å². The van der Waals surface area contributed by atoms with Crippen molar-refractivity contribution < 1.29 is 9.18 Å². The third-order valence-electron chi connectivity index (χ3n) is 5.39. The second-order valence-corrected chi connectivity index (χ2v) is 8.83. The zero-order valence-corrected chi connectivity index (χ0v) is 18.7. The van der Waals surface area contributed by atoms with Gasteiger partial charge in [-0.25, -0.2) is 14.4 Å². The Balaban J connectivity index is 1.54. The van der Waals surface area contributed by atoms with Crippen LogP contribution in [-0.2, 0) is 11.3 Å². The van der Waals surface area contributed by atoms with E-state index in [9.17, 15) is 14.0 Å². The number of carbonyl (C=O) groups is 1. The summed E-state index contributed by atoms with van der Waals surface area (Å²) in [5.74, 6) is -0.744. The van der Waals surface area contributed by atoms with Gasteiger partial charge in [0.15, 0.2) is 0 Å². The minimum atomic E-state index is -0.399. The fourth-order valence-corrected chi connectivity index (χ4v) is 4.97. The molecule has 5 rings (SSSR count). The van der Waals surface area contributed by atoms with Crippen LogP contribution in [-0.4, -0.2) is 20.4 Å². The third kappa shape index (κ3) is 3.89. The Hall–Kier alpha value is -3.91. The van der Waals surface area contributed by atoms with Gasteiger partial charge >= 0.3 is 0 Å². The number of thiophene rings is 1. The van der Waals surface area contributed by atoms with Crippen LogP contribution in [0.3, 0.4) is 0 Å². The topological polar surface area (TPSA) is 76.9 Å². The number of nitrogens with zero attached hydrogens (tertiary/aromatic N) is 3. The quantitative estimate of drug-likeness (QED) is 0.408. The number of hydrogen-bond donors (Lipinski definition) is 1. The Labute approximate surface area is 192 Å². The first-order valence-corrected chi connectivity index (χ1v) is 11.1. The summed E-state index contributed by atoms with van der Waals surface area (Å²) in [6.45, 7) is 3.34. The molecule has 0 spiro atoms. The minimum Gasteiger partial charge on any atom is -0.325 e. The number of nitrogens with one attached hydrogen (secondary N) is 1. The summed E-state index contributed by atoms with van der Waals surface area (Å²) in [5.41, 5.74) is 4.01. The van der Waals surface area contributed by atoms with Gasteiger partial charge in [0.2, 0.25) is 5.91 Å². The molecule has 0 saturated carbocycles. The molecule has 6 nitrogen and oxygen atoms in total. The molecule has 0 bridgehead atoms. The van der Waals surface area contributed by atoms with Gasteiger partial charge in [-0.2, -0.15) is 0 Å². The van der Waals surface area contributed by atoms with Crippen molar-refractivity contribution in [3.63, 3.8) is 0 Å². The van der Waals surface area contributed by atoms with Crippen LogP contribution in [0.4, 0.5) is 10.1 Å². The van der Waals surface area contributed by atoms with Crippen LogP contribution >= 0.6 is 11.3 Å². The fraction of sp³-hybridized carbons (Fsp3) is 0.120. The number of carbonyl (C=O) groups excluding carboxylic acids is 1. The van der Waals surface area contributed by atoms with E-state index in [0.29, 0.717) is 21.5 Å². The maximum Gasteiger partial charge on any atom is 0.271 e. The number of halogens is 1. The summed E-state index contributed by atoms with van der Waals surface area (Å²) in [4.78, 5) is 35.6. The van der Waals surface area contributed by atoms with Crippen molar-refractivity contribution >= 4 is 43.4 Å². The third-order valence-corrected chi connectivity index (χ3v) is 6.45. The first-order chi connectivity index (χ1) is 15.9. The fourth-order valence-electron chi connectivity index (χ4n) is 3.82. The Bertz CT molecular complexity index is 1590. The van der Waals surface area contributed by atoms with Crippen molar-refractivity contribution in [1.82, 2.24) is 14.5 Å². The van der Waals surface area contributed by atoms with Crippen molar-refractivity contribution in [3.8, 4) is 11.1 Å². The summed E-state index contributed by atoms with van der Waals surface area (Å²) in [6.07, 6.45) is 1.39. The molecule has 0 aliphatic carbocycles. The molecule has 0 saturated heterocycles. The van der Waals surface area contributed by atoms with Crippen LogP contribution in [0.1, 0.15) is 11.3 Å². The Morgan fingerprint density at radius 1 is 1.12 bits per heavy atom. The number of fused-ring (bicyclic) bond motifs is 3. The smallest absolute Gasteiger partial charge is 0.271 e. The monoisotopic (exact) mass is 458 g/mol. The molecule has 8 heteroatoms. The molecular weight excluding hydrogens is 439 g/mol. The van der Waals surface area contributed by atoms with E-state index in [2.05, 4.69) is 15.3 Å². The van der Waals surface area contributed by atoms with Crippen LogP contribution in [0.2, 0.25) is 0 Å². The number of benzene rings is 2. The lowest BCUT2D eigenvalue weighted by Gasteiger charge is -2.08. The predicted molar refractivity (Wildman–Crippen MR) is 129 cm³/mol. The van der Waals surface area contributed by atoms with E-state index >= 15 is 0 Å². The molecule has 33 heavy (non-hydrogen) atoms. The van der Waals surface area contributed by atoms with E-state index in [0.717, 1.165) is 27.0 Å². The highest BCUT2D eigenvalue weighted by Gasteiger charge is 2.18. The lowest BCUT2D eigenvalue weighted by molar-refractivity contribution is -0.116. The zero-order chi connectivity index (χ0) is 23.1. The van der Waals surface area contributed by atoms with Crippen LogP contribution < -0.4 is 10.9 Å². The van der Waals surface area contributed by atoms with E-state index in [1.807, 2.05) is 43.3 Å². The molecule has 164 valence electrons. The minimum absolute atomic E-state index is 0.204. The van der Waals surface area contributed by atoms with Gasteiger partial charge in [0.05, 0.1) is 11.8 Å². The zero-order valence-electron chi connectivity index (χ0n) is 17.9. The molecule has 0 radical (unpaired) electrons. The molecule has 5 aromatic rings. The molecule has 0 aliphatic rings. The number of aromatic nitrogens is 3. The molecule has 3 heterocycles. The molecular formula is C25H19FN4O2S. The van der Waals surface area contributed by atoms with E-state index in [1.165, 1.54) is 34.4 Å². The summed E-state index contributed by atoms with van der Waals surface area (Å²) in [7, 11) is 0. The van der Waals surface area contributed by atoms with Crippen molar-refractivity contribution in [2.75, 3.05) is 5.32 Å². The van der Waals surface area contributed by atoms with Crippen LogP contribution in [0.15, 0.2) is 65.7 Å². The van der Waals surface area contributed by atoms with Gasteiger partial charge in [-0.1, -0.05) is 30.3 Å². The maximum absolute atomic E-state index is 13.5. The summed E-state index contributed by atoms with van der Waals surface area (Å²) < 4.78 is 15.2. The molecule has 1 N–H and O–H groups in total. The number of anilines is 1. The van der Waals surface area contributed by atoms with Gasteiger partial charge in [-0.05, 0) is 54.8 Å². The van der Waals surface area contributed by atoms with E-state index in [-0.39, 0.29) is 17.9 Å². The van der Waals surface area contributed by atoms with Crippen molar-refractivity contribution in [2.24, 2.45) is 0 Å². The van der Waals surface area contributed by atoms with Gasteiger partial charge in [-0.15, -0.1) is 11.3 Å². The highest BCUT2D eigenvalue weighted by atomic mass is 32.1. The Morgan fingerprint density at radius 3 is 2.67 bits per heavy atom. The van der Waals surface area contributed by atoms with E-state index < -0.39 is 5.91 Å². The summed E-state index contributed by atoms with van der Waals surface area (Å²) in [6, 6.07) is 16.2. The average Bonchev–Trinajstić information content (AvgIpc) is 3.17. The standard InChI is InChI=1S/C25H19FN4O2S/c1-14-10-17(8-9-19(14)26)29-20(31)12-30-13-27-22-21-18(16-6-4-3-5-7-16)11-15(2)28-24(21)33-23(22)25(30)32/h3-11,13H,12H2,1-2H3,(H,29,31). The Kier molecular flexibility index (Phi) is 5.22. The SMILES string of the molecule is Cc1cc(-c2ccccc2)c2c(n1)sc1c(=O)n(CC(=O)Nc3ccc(F)c(C)c3)cnc12. The van der Waals surface area contributed by atoms with Crippen LogP contribution in [0.5, 0.6) is 0 Å². The number of hydrogen-bond acceptors (Lipinski definition) is 5. The molecule has 2 aromatic carbocycles. The van der Waals surface area contributed by atoms with Crippen LogP contribution in [0, 0.1) is 19.7 Å². The van der Waals surface area contributed by atoms with Gasteiger partial charge < -0.3 is 5.32 Å². The molecule has 0 aliphatic heterocycles. The second-order valence-electron chi connectivity index (χ2n) is 7.83. The van der Waals surface area contributed by atoms with Crippen molar-refractivity contribution in [1.29, 1.82) is 0 Å². The highest BCUT2D eigenvalue weighted by Crippen LogP contribution is 2.37. The number of aryl methyl sites for hydroxylation is 2. The number of amides is 1. The van der Waals surface area contributed by atoms with E-state index in [4.69, 9.17) is 0 Å². The highest BCUT2D eigenvalue weighted by molar-refractivity contribution is 7.25. The predicted octanol–water partition coefficient (Wildman–Crippen LogP) is 5.07. The largest absolute Gasteiger partial charge is 0.325 e. The molecule has 3 aromatic heterocycles. The lowest BCUT2D eigenvalue weighted by Crippen LogP contribution is -2.27.